The van der Waals surface area contributed by atoms with Crippen molar-refractivity contribution in [2.24, 2.45) is 0 Å². The second-order valence-electron chi connectivity index (χ2n) is 3.98. The molecule has 0 aliphatic heterocycles. The summed E-state index contributed by atoms with van der Waals surface area (Å²) in [6, 6.07) is 4.50. The Bertz CT molecular complexity index is 664. The van der Waals surface area contributed by atoms with E-state index in [9.17, 15) is 14.7 Å². The number of rotatable bonds is 0. The van der Waals surface area contributed by atoms with Gasteiger partial charge in [0, 0.05) is 5.56 Å². The predicted molar refractivity (Wildman–Crippen MR) is 59.2 cm³/mol. The minimum Gasteiger partial charge on any atom is -0.507 e. The number of carbonyl (C=O) groups is 2. The fourth-order valence-corrected chi connectivity index (χ4v) is 2.11. The highest BCUT2D eigenvalue weighted by Crippen LogP contribution is 2.41. The molecule has 17 heavy (non-hydrogen) atoms. The van der Waals surface area contributed by atoms with E-state index >= 15 is 0 Å². The van der Waals surface area contributed by atoms with E-state index in [0.29, 0.717) is 11.1 Å². The number of aryl methyl sites for hydroxylation is 1. The lowest BCUT2D eigenvalue weighted by molar-refractivity contribution is 0.0814. The maximum atomic E-state index is 11.9. The van der Waals surface area contributed by atoms with Crippen LogP contribution in [0.5, 0.6) is 5.75 Å². The van der Waals surface area contributed by atoms with Gasteiger partial charge in [-0.3, -0.25) is 9.59 Å². The summed E-state index contributed by atoms with van der Waals surface area (Å²) in [5, 5.41) is 9.79. The van der Waals surface area contributed by atoms with Gasteiger partial charge in [-0.1, -0.05) is 6.07 Å². The Balaban J connectivity index is 2.46. The van der Waals surface area contributed by atoms with E-state index < -0.39 is 11.6 Å². The Hall–Kier alpha value is -2.36. The second kappa shape index (κ2) is 3.07. The van der Waals surface area contributed by atoms with Gasteiger partial charge in [-0.05, 0) is 24.6 Å². The molecule has 0 saturated carbocycles. The molecule has 2 aromatic rings. The van der Waals surface area contributed by atoms with E-state index in [1.807, 2.05) is 0 Å². The maximum absolute atomic E-state index is 11.9. The molecule has 1 aliphatic rings. The molecule has 0 spiro atoms. The SMILES string of the molecule is Cc1coc2c1C(=O)C(=O)c1cccc(O)c1-2. The average molecular weight is 228 g/mol. The molecule has 0 saturated heterocycles. The van der Waals surface area contributed by atoms with Gasteiger partial charge >= 0.3 is 0 Å². The number of hydrogen-bond acceptors (Lipinski definition) is 4. The van der Waals surface area contributed by atoms with E-state index in [0.717, 1.165) is 0 Å². The Morgan fingerprint density at radius 1 is 1.12 bits per heavy atom. The van der Waals surface area contributed by atoms with Gasteiger partial charge in [0.15, 0.2) is 0 Å². The van der Waals surface area contributed by atoms with Gasteiger partial charge in [0.05, 0.1) is 17.4 Å². The lowest BCUT2D eigenvalue weighted by Crippen LogP contribution is -2.20. The lowest BCUT2D eigenvalue weighted by atomic mass is 9.87. The number of Topliss-reactive ketones (excluding diaryl/α,β-unsaturated/α-hetero) is 2. The summed E-state index contributed by atoms with van der Waals surface area (Å²) in [5.74, 6) is -0.962. The molecule has 0 radical (unpaired) electrons. The van der Waals surface area contributed by atoms with Crippen molar-refractivity contribution in [3.8, 4) is 17.1 Å². The molecule has 0 fully saturated rings. The van der Waals surface area contributed by atoms with Gasteiger partial charge in [0.1, 0.15) is 11.5 Å². The monoisotopic (exact) mass is 228 g/mol. The molecule has 1 aromatic heterocycles. The molecule has 1 aliphatic carbocycles. The minimum absolute atomic E-state index is 0.0565. The van der Waals surface area contributed by atoms with Crippen molar-refractivity contribution in [1.29, 1.82) is 0 Å². The highest BCUT2D eigenvalue weighted by atomic mass is 16.3. The Morgan fingerprint density at radius 3 is 2.65 bits per heavy atom. The van der Waals surface area contributed by atoms with Crippen molar-refractivity contribution in [3.05, 3.63) is 41.2 Å². The molecule has 1 N–H and O–H groups in total. The van der Waals surface area contributed by atoms with Crippen LogP contribution in [-0.4, -0.2) is 16.7 Å². The van der Waals surface area contributed by atoms with Crippen LogP contribution in [0.1, 0.15) is 26.3 Å². The number of carbonyl (C=O) groups excluding carboxylic acids is 2. The summed E-state index contributed by atoms with van der Waals surface area (Å²) in [6.07, 6.45) is 1.41. The first-order valence-electron chi connectivity index (χ1n) is 5.10. The van der Waals surface area contributed by atoms with E-state index in [1.165, 1.54) is 24.5 Å². The number of furan rings is 1. The molecule has 4 nitrogen and oxygen atoms in total. The van der Waals surface area contributed by atoms with Crippen LogP contribution in [0.2, 0.25) is 0 Å². The van der Waals surface area contributed by atoms with Crippen LogP contribution < -0.4 is 0 Å². The van der Waals surface area contributed by atoms with E-state index in [4.69, 9.17) is 4.42 Å². The fraction of sp³-hybridized carbons (Fsp3) is 0.0769. The van der Waals surface area contributed by atoms with Crippen LogP contribution in [0.3, 0.4) is 0 Å². The van der Waals surface area contributed by atoms with E-state index in [2.05, 4.69) is 0 Å². The minimum atomic E-state index is -0.604. The number of ketones is 2. The molecule has 1 heterocycles. The largest absolute Gasteiger partial charge is 0.507 e. The maximum Gasteiger partial charge on any atom is 0.237 e. The third-order valence-corrected chi connectivity index (χ3v) is 2.92. The smallest absolute Gasteiger partial charge is 0.237 e. The molecule has 0 amide bonds. The van der Waals surface area contributed by atoms with E-state index in [1.54, 1.807) is 6.92 Å². The molecule has 1 aromatic carbocycles. The number of hydrogen-bond donors (Lipinski definition) is 1. The van der Waals surface area contributed by atoms with Gasteiger partial charge in [0.2, 0.25) is 11.6 Å². The standard InChI is InChI=1S/C13H8O4/c1-6-5-17-13-9(6)12(16)11(15)7-3-2-4-8(14)10(7)13/h2-5,14H,1H3. The second-order valence-corrected chi connectivity index (χ2v) is 3.98. The quantitative estimate of drug-likeness (QED) is 0.703. The number of aromatic hydroxyl groups is 1. The van der Waals surface area contributed by atoms with Crippen molar-refractivity contribution >= 4 is 11.6 Å². The third-order valence-electron chi connectivity index (χ3n) is 2.92. The molecule has 84 valence electrons. The van der Waals surface area contributed by atoms with Crippen LogP contribution in [0.4, 0.5) is 0 Å². The zero-order valence-corrected chi connectivity index (χ0v) is 8.98. The normalized spacial score (nSPS) is 13.5. The number of benzene rings is 1. The molecule has 0 bridgehead atoms. The van der Waals surface area contributed by atoms with Crippen LogP contribution in [0.15, 0.2) is 28.9 Å². The van der Waals surface area contributed by atoms with Crippen molar-refractivity contribution in [1.82, 2.24) is 0 Å². The first-order valence-corrected chi connectivity index (χ1v) is 5.10. The highest BCUT2D eigenvalue weighted by Gasteiger charge is 2.35. The first-order chi connectivity index (χ1) is 8.11. The van der Waals surface area contributed by atoms with Crippen LogP contribution >= 0.6 is 0 Å². The van der Waals surface area contributed by atoms with Crippen molar-refractivity contribution < 1.29 is 19.1 Å². The summed E-state index contributed by atoms with van der Waals surface area (Å²) < 4.78 is 5.28. The van der Waals surface area contributed by atoms with E-state index in [-0.39, 0.29) is 22.6 Å². The van der Waals surface area contributed by atoms with Crippen molar-refractivity contribution in [3.63, 3.8) is 0 Å². The molecular weight excluding hydrogens is 220 g/mol. The van der Waals surface area contributed by atoms with Gasteiger partial charge in [-0.25, -0.2) is 0 Å². The summed E-state index contributed by atoms with van der Waals surface area (Å²) in [6.45, 7) is 1.69. The van der Waals surface area contributed by atoms with Crippen LogP contribution in [0, 0.1) is 6.92 Å². The Morgan fingerprint density at radius 2 is 1.88 bits per heavy atom. The average Bonchev–Trinajstić information content (AvgIpc) is 2.68. The highest BCUT2D eigenvalue weighted by molar-refractivity contribution is 6.53. The Kier molecular flexibility index (Phi) is 1.78. The van der Waals surface area contributed by atoms with Crippen LogP contribution in [0.25, 0.3) is 11.3 Å². The topological polar surface area (TPSA) is 67.5 Å². The molecule has 0 atom stereocenters. The number of fused-ring (bicyclic) bond motifs is 3. The predicted octanol–water partition coefficient (Wildman–Crippen LogP) is 2.34. The Labute approximate surface area is 96.5 Å². The summed E-state index contributed by atoms with van der Waals surface area (Å²) in [4.78, 5) is 23.8. The third kappa shape index (κ3) is 1.12. The first kappa shape index (κ1) is 9.84. The summed E-state index contributed by atoms with van der Waals surface area (Å²) >= 11 is 0. The van der Waals surface area contributed by atoms with Gasteiger partial charge < -0.3 is 9.52 Å². The van der Waals surface area contributed by atoms with Gasteiger partial charge in [0.25, 0.3) is 0 Å². The fourth-order valence-electron chi connectivity index (χ4n) is 2.11. The van der Waals surface area contributed by atoms with Gasteiger partial charge in [-0.15, -0.1) is 0 Å². The summed E-state index contributed by atoms with van der Waals surface area (Å²) in [7, 11) is 0. The van der Waals surface area contributed by atoms with Crippen molar-refractivity contribution in [2.75, 3.05) is 0 Å². The zero-order chi connectivity index (χ0) is 12.2. The lowest BCUT2D eigenvalue weighted by Gasteiger charge is -2.14. The molecule has 3 rings (SSSR count). The van der Waals surface area contributed by atoms with Crippen LogP contribution in [-0.2, 0) is 0 Å². The number of phenols is 1. The molecule has 4 heteroatoms. The zero-order valence-electron chi connectivity index (χ0n) is 8.98. The van der Waals surface area contributed by atoms with Crippen molar-refractivity contribution in [2.45, 2.75) is 6.92 Å². The van der Waals surface area contributed by atoms with Gasteiger partial charge in [-0.2, -0.15) is 0 Å². The molecular formula is C13H8O4. The molecule has 0 unspecified atom stereocenters. The summed E-state index contributed by atoms with van der Waals surface area (Å²) in [5.41, 5.74) is 1.35. The number of phenolic OH excluding ortho intramolecular Hbond substituents is 1.